The molecule has 0 amide bonds. The van der Waals surface area contributed by atoms with Crippen molar-refractivity contribution in [1.82, 2.24) is 9.97 Å². The van der Waals surface area contributed by atoms with Crippen LogP contribution in [0.1, 0.15) is 18.4 Å². The first kappa shape index (κ1) is 7.41. The Morgan fingerprint density at radius 2 is 2.60 bits per heavy atom. The third kappa shape index (κ3) is 1.64. The van der Waals surface area contributed by atoms with E-state index >= 15 is 0 Å². The first-order valence-corrected chi connectivity index (χ1v) is 3.80. The van der Waals surface area contributed by atoms with Gasteiger partial charge in [0.2, 0.25) is 0 Å². The molecule has 1 heterocycles. The highest BCUT2D eigenvalue weighted by Gasteiger charge is 1.94. The number of aromatic amines is 1. The summed E-state index contributed by atoms with van der Waals surface area (Å²) in [6.07, 6.45) is 3.60. The van der Waals surface area contributed by atoms with Gasteiger partial charge in [0.05, 0.1) is 0 Å². The third-order valence-corrected chi connectivity index (χ3v) is 1.49. The topological polar surface area (TPSA) is 28.7 Å². The summed E-state index contributed by atoms with van der Waals surface area (Å²) in [7, 11) is 0. The fourth-order valence-corrected chi connectivity index (χ4v) is 0.958. The lowest BCUT2D eigenvalue weighted by atomic mass is 10.4. The first-order valence-electron chi connectivity index (χ1n) is 3.33. The Balaban J connectivity index is 2.67. The molecular weight excluding hydrogens is 144 g/mol. The molecule has 1 N–H and O–H groups in total. The maximum atomic E-state index is 4.71. The Bertz CT molecular complexity index is 217. The Morgan fingerprint density at radius 1 is 1.80 bits per heavy atom. The molecular formula is C7H10N2S. The number of thiocarbonyl (C=S) groups is 1. The van der Waals surface area contributed by atoms with Gasteiger partial charge in [-0.05, 0) is 5.37 Å². The second-order valence-corrected chi connectivity index (χ2v) is 2.41. The van der Waals surface area contributed by atoms with Crippen molar-refractivity contribution in [2.75, 3.05) is 0 Å². The fourth-order valence-electron chi connectivity index (χ4n) is 0.779. The molecule has 2 nitrogen and oxygen atoms in total. The summed E-state index contributed by atoms with van der Waals surface area (Å²) in [6, 6.07) is 0. The summed E-state index contributed by atoms with van der Waals surface area (Å²) >= 11 is 4.71. The largest absolute Gasteiger partial charge is 0.346 e. The molecule has 0 aliphatic heterocycles. The second kappa shape index (κ2) is 3.46. The zero-order valence-electron chi connectivity index (χ0n) is 5.92. The van der Waals surface area contributed by atoms with Gasteiger partial charge in [0.1, 0.15) is 5.82 Å². The molecule has 3 heteroatoms. The van der Waals surface area contributed by atoms with Crippen LogP contribution in [0.2, 0.25) is 0 Å². The molecule has 0 unspecified atom stereocenters. The molecule has 54 valence electrons. The van der Waals surface area contributed by atoms with Gasteiger partial charge in [-0.1, -0.05) is 19.1 Å². The van der Waals surface area contributed by atoms with E-state index in [1.807, 2.05) is 6.20 Å². The van der Waals surface area contributed by atoms with Crippen LogP contribution in [-0.2, 0) is 12.8 Å². The standard InChI is InChI=1S/C7H10N2S/c1-2-7-8-5-6(9-7)3-4-10/h4-5H,2-3H2,1H3,(H,8,9). The van der Waals surface area contributed by atoms with Crippen LogP contribution in [-0.4, -0.2) is 15.3 Å². The van der Waals surface area contributed by atoms with Crippen LogP contribution in [0.15, 0.2) is 6.20 Å². The van der Waals surface area contributed by atoms with Gasteiger partial charge in [-0.25, -0.2) is 4.98 Å². The van der Waals surface area contributed by atoms with E-state index in [2.05, 4.69) is 16.9 Å². The molecule has 1 aromatic heterocycles. The van der Waals surface area contributed by atoms with Crippen molar-refractivity contribution in [3.8, 4) is 0 Å². The minimum atomic E-state index is 0.808. The van der Waals surface area contributed by atoms with E-state index in [9.17, 15) is 0 Å². The molecule has 0 atom stereocenters. The van der Waals surface area contributed by atoms with Crippen molar-refractivity contribution in [3.05, 3.63) is 17.7 Å². The van der Waals surface area contributed by atoms with Crippen molar-refractivity contribution < 1.29 is 0 Å². The molecule has 0 radical (unpaired) electrons. The van der Waals surface area contributed by atoms with E-state index in [0.29, 0.717) is 0 Å². The van der Waals surface area contributed by atoms with Gasteiger partial charge in [0.25, 0.3) is 0 Å². The lowest BCUT2D eigenvalue weighted by molar-refractivity contribution is 0.979. The molecule has 0 aliphatic rings. The van der Waals surface area contributed by atoms with Gasteiger partial charge < -0.3 is 4.98 Å². The zero-order chi connectivity index (χ0) is 7.40. The Hall–Kier alpha value is -0.700. The number of H-pyrrole nitrogens is 1. The SMILES string of the molecule is CCc1ncc(CC=S)[nH]1. The van der Waals surface area contributed by atoms with E-state index in [0.717, 1.165) is 24.4 Å². The molecule has 0 spiro atoms. The highest BCUT2D eigenvalue weighted by Crippen LogP contribution is 1.96. The van der Waals surface area contributed by atoms with E-state index in [4.69, 9.17) is 12.2 Å². The predicted molar refractivity (Wildman–Crippen MR) is 45.3 cm³/mol. The maximum Gasteiger partial charge on any atom is 0.105 e. The van der Waals surface area contributed by atoms with Crippen molar-refractivity contribution in [3.63, 3.8) is 0 Å². The molecule has 1 aromatic rings. The Labute approximate surface area is 65.7 Å². The summed E-state index contributed by atoms with van der Waals surface area (Å²) in [5.74, 6) is 1.03. The summed E-state index contributed by atoms with van der Waals surface area (Å²) in [6.45, 7) is 2.07. The number of hydrogen-bond donors (Lipinski definition) is 1. The quantitative estimate of drug-likeness (QED) is 0.669. The molecule has 0 aliphatic carbocycles. The molecule has 0 saturated heterocycles. The van der Waals surface area contributed by atoms with E-state index < -0.39 is 0 Å². The number of aryl methyl sites for hydroxylation is 1. The van der Waals surface area contributed by atoms with E-state index in [1.54, 1.807) is 5.37 Å². The molecule has 0 aromatic carbocycles. The van der Waals surface area contributed by atoms with Gasteiger partial charge >= 0.3 is 0 Å². The first-order chi connectivity index (χ1) is 4.86. The second-order valence-electron chi connectivity index (χ2n) is 2.08. The van der Waals surface area contributed by atoms with Crippen LogP contribution < -0.4 is 0 Å². The van der Waals surface area contributed by atoms with Crippen LogP contribution in [0.4, 0.5) is 0 Å². The fraction of sp³-hybridized carbons (Fsp3) is 0.429. The Kier molecular flexibility index (Phi) is 2.57. The average molecular weight is 154 g/mol. The van der Waals surface area contributed by atoms with Gasteiger partial charge in [0.15, 0.2) is 0 Å². The number of nitrogens with one attached hydrogen (secondary N) is 1. The minimum Gasteiger partial charge on any atom is -0.346 e. The van der Waals surface area contributed by atoms with Gasteiger partial charge in [-0.2, -0.15) is 0 Å². The molecule has 0 saturated carbocycles. The van der Waals surface area contributed by atoms with E-state index in [-0.39, 0.29) is 0 Å². The van der Waals surface area contributed by atoms with Crippen LogP contribution in [0, 0.1) is 0 Å². The zero-order valence-corrected chi connectivity index (χ0v) is 6.74. The van der Waals surface area contributed by atoms with Gasteiger partial charge in [-0.15, -0.1) is 0 Å². The number of rotatable bonds is 3. The van der Waals surface area contributed by atoms with Crippen LogP contribution in [0.25, 0.3) is 0 Å². The maximum absolute atomic E-state index is 4.71. The lowest BCUT2D eigenvalue weighted by Gasteiger charge is -1.86. The lowest BCUT2D eigenvalue weighted by Crippen LogP contribution is -1.85. The van der Waals surface area contributed by atoms with Crippen LogP contribution >= 0.6 is 12.2 Å². The monoisotopic (exact) mass is 154 g/mol. The van der Waals surface area contributed by atoms with Gasteiger partial charge in [0, 0.05) is 24.7 Å². The van der Waals surface area contributed by atoms with Crippen LogP contribution in [0.3, 0.4) is 0 Å². The summed E-state index contributed by atoms with van der Waals surface area (Å²) < 4.78 is 0. The normalized spacial score (nSPS) is 9.70. The Morgan fingerprint density at radius 3 is 3.10 bits per heavy atom. The smallest absolute Gasteiger partial charge is 0.105 e. The summed E-state index contributed by atoms with van der Waals surface area (Å²) in [5, 5.41) is 1.70. The van der Waals surface area contributed by atoms with Crippen molar-refractivity contribution in [1.29, 1.82) is 0 Å². The third-order valence-electron chi connectivity index (χ3n) is 1.32. The minimum absolute atomic E-state index is 0.808. The van der Waals surface area contributed by atoms with E-state index in [1.165, 1.54) is 0 Å². The van der Waals surface area contributed by atoms with Crippen LogP contribution in [0.5, 0.6) is 0 Å². The highest BCUT2D eigenvalue weighted by atomic mass is 32.1. The predicted octanol–water partition coefficient (Wildman–Crippen LogP) is 1.51. The van der Waals surface area contributed by atoms with Gasteiger partial charge in [-0.3, -0.25) is 0 Å². The number of aromatic nitrogens is 2. The summed E-state index contributed by atoms with van der Waals surface area (Å²) in [5.41, 5.74) is 1.10. The van der Waals surface area contributed by atoms with Crippen molar-refractivity contribution in [2.24, 2.45) is 0 Å². The van der Waals surface area contributed by atoms with Crippen molar-refractivity contribution in [2.45, 2.75) is 19.8 Å². The molecule has 1 rings (SSSR count). The highest BCUT2D eigenvalue weighted by molar-refractivity contribution is 7.78. The molecule has 10 heavy (non-hydrogen) atoms. The average Bonchev–Trinajstić information content (AvgIpc) is 2.37. The number of nitrogens with zero attached hydrogens (tertiary/aromatic N) is 1. The van der Waals surface area contributed by atoms with Crippen molar-refractivity contribution >= 4 is 17.6 Å². The number of imidazole rings is 1. The molecule has 0 fully saturated rings. The number of hydrogen-bond acceptors (Lipinski definition) is 2. The molecule has 0 bridgehead atoms. The summed E-state index contributed by atoms with van der Waals surface area (Å²) in [4.78, 5) is 7.29.